The van der Waals surface area contributed by atoms with Gasteiger partial charge in [-0.15, -0.1) is 0 Å². The maximum Gasteiger partial charge on any atom is 0.254 e. The molecule has 20 heavy (non-hydrogen) atoms. The third-order valence-electron chi connectivity index (χ3n) is 2.94. The fourth-order valence-electron chi connectivity index (χ4n) is 1.74. The predicted octanol–water partition coefficient (Wildman–Crippen LogP) is 0.972. The van der Waals surface area contributed by atoms with Crippen molar-refractivity contribution in [1.82, 2.24) is 9.80 Å². The van der Waals surface area contributed by atoms with Crippen molar-refractivity contribution in [1.29, 1.82) is 0 Å². The normalized spacial score (nSPS) is 10.1. The van der Waals surface area contributed by atoms with Crippen LogP contribution in [0.1, 0.15) is 21.5 Å². The second-order valence-electron chi connectivity index (χ2n) is 5.04. The van der Waals surface area contributed by atoms with E-state index in [2.05, 4.69) is 11.8 Å². The van der Waals surface area contributed by atoms with Crippen LogP contribution in [0.4, 0.5) is 0 Å². The summed E-state index contributed by atoms with van der Waals surface area (Å²) in [5, 5.41) is 8.79. The summed E-state index contributed by atoms with van der Waals surface area (Å²) < 4.78 is 0. The SMILES string of the molecule is Cc1ccc(C#CCO)c(C(=O)N(C)CCN(C)C)c1. The summed E-state index contributed by atoms with van der Waals surface area (Å²) in [6, 6.07) is 5.58. The van der Waals surface area contributed by atoms with Crippen LogP contribution in [0.2, 0.25) is 0 Å². The van der Waals surface area contributed by atoms with Gasteiger partial charge in [-0.1, -0.05) is 23.5 Å². The molecule has 0 aromatic heterocycles. The van der Waals surface area contributed by atoms with E-state index in [4.69, 9.17) is 5.11 Å². The molecule has 1 rings (SSSR count). The Bertz CT molecular complexity index is 527. The zero-order valence-electron chi connectivity index (χ0n) is 12.6. The van der Waals surface area contributed by atoms with E-state index in [9.17, 15) is 4.79 Å². The molecule has 0 atom stereocenters. The lowest BCUT2D eigenvalue weighted by Crippen LogP contribution is -2.33. The Kier molecular flexibility index (Phi) is 6.23. The lowest BCUT2D eigenvalue weighted by atomic mass is 10.0. The summed E-state index contributed by atoms with van der Waals surface area (Å²) in [5.74, 6) is 5.38. The van der Waals surface area contributed by atoms with Gasteiger partial charge in [0.15, 0.2) is 0 Å². The number of amides is 1. The van der Waals surface area contributed by atoms with Crippen LogP contribution in [0.3, 0.4) is 0 Å². The van der Waals surface area contributed by atoms with Gasteiger partial charge in [0.2, 0.25) is 0 Å². The summed E-state index contributed by atoms with van der Waals surface area (Å²) in [6.45, 7) is 3.20. The highest BCUT2D eigenvalue weighted by molar-refractivity contribution is 5.96. The first-order chi connectivity index (χ1) is 9.45. The van der Waals surface area contributed by atoms with Crippen LogP contribution in [-0.4, -0.2) is 61.7 Å². The van der Waals surface area contributed by atoms with Gasteiger partial charge >= 0.3 is 0 Å². The first kappa shape index (κ1) is 16.2. The number of benzene rings is 1. The topological polar surface area (TPSA) is 43.8 Å². The zero-order chi connectivity index (χ0) is 15.1. The molecule has 1 amide bonds. The molecule has 0 saturated carbocycles. The summed E-state index contributed by atoms with van der Waals surface area (Å²) in [6.07, 6.45) is 0. The molecule has 0 unspecified atom stereocenters. The maximum absolute atomic E-state index is 12.5. The maximum atomic E-state index is 12.5. The molecule has 0 radical (unpaired) electrons. The van der Waals surface area contributed by atoms with Gasteiger partial charge in [-0.25, -0.2) is 0 Å². The molecule has 0 heterocycles. The smallest absolute Gasteiger partial charge is 0.254 e. The van der Waals surface area contributed by atoms with E-state index in [1.165, 1.54) is 0 Å². The molecular weight excluding hydrogens is 252 g/mol. The van der Waals surface area contributed by atoms with Gasteiger partial charge in [0.1, 0.15) is 6.61 Å². The minimum atomic E-state index is -0.210. The zero-order valence-corrected chi connectivity index (χ0v) is 12.6. The molecule has 1 aromatic carbocycles. The summed E-state index contributed by atoms with van der Waals surface area (Å²) in [7, 11) is 5.74. The van der Waals surface area contributed by atoms with Gasteiger partial charge in [-0.05, 0) is 33.2 Å². The molecule has 108 valence electrons. The lowest BCUT2D eigenvalue weighted by molar-refractivity contribution is 0.0786. The van der Waals surface area contributed by atoms with Crippen molar-refractivity contribution in [3.63, 3.8) is 0 Å². The first-order valence-corrected chi connectivity index (χ1v) is 6.56. The molecule has 0 bridgehead atoms. The summed E-state index contributed by atoms with van der Waals surface area (Å²) in [5.41, 5.74) is 2.27. The lowest BCUT2D eigenvalue weighted by Gasteiger charge is -2.20. The van der Waals surface area contributed by atoms with Crippen molar-refractivity contribution < 1.29 is 9.90 Å². The van der Waals surface area contributed by atoms with Gasteiger partial charge in [0.05, 0.1) is 5.56 Å². The standard InChI is InChI=1S/C16H22N2O2/c1-13-7-8-14(6-5-11-19)15(12-13)16(20)18(4)10-9-17(2)3/h7-8,12,19H,9-11H2,1-4H3. The van der Waals surface area contributed by atoms with Crippen LogP contribution >= 0.6 is 0 Å². The highest BCUT2D eigenvalue weighted by Gasteiger charge is 2.15. The number of hydrogen-bond donors (Lipinski definition) is 1. The van der Waals surface area contributed by atoms with Crippen molar-refractivity contribution in [2.45, 2.75) is 6.92 Å². The number of carbonyl (C=O) groups is 1. The van der Waals surface area contributed by atoms with Crippen molar-refractivity contribution in [3.8, 4) is 11.8 Å². The number of likely N-dealkylation sites (N-methyl/N-ethyl adjacent to an activating group) is 2. The number of hydrogen-bond acceptors (Lipinski definition) is 3. The molecule has 0 saturated heterocycles. The minimum Gasteiger partial charge on any atom is -0.384 e. The van der Waals surface area contributed by atoms with Crippen molar-refractivity contribution in [3.05, 3.63) is 34.9 Å². The molecule has 0 aliphatic heterocycles. The fraction of sp³-hybridized carbons (Fsp3) is 0.438. The Morgan fingerprint density at radius 1 is 1.25 bits per heavy atom. The third kappa shape index (κ3) is 4.69. The highest BCUT2D eigenvalue weighted by atomic mass is 16.2. The van der Waals surface area contributed by atoms with Crippen LogP contribution in [0.25, 0.3) is 0 Å². The van der Waals surface area contributed by atoms with Gasteiger partial charge in [0.25, 0.3) is 5.91 Å². The molecule has 4 heteroatoms. The van der Waals surface area contributed by atoms with Gasteiger partial charge in [-0.3, -0.25) is 4.79 Å². The molecule has 0 spiro atoms. The Hall–Kier alpha value is -1.83. The van der Waals surface area contributed by atoms with Gasteiger partial charge < -0.3 is 14.9 Å². The molecule has 1 aromatic rings. The largest absolute Gasteiger partial charge is 0.384 e. The Balaban J connectivity index is 2.98. The molecule has 1 N–H and O–H groups in total. The fourth-order valence-corrected chi connectivity index (χ4v) is 1.74. The van der Waals surface area contributed by atoms with E-state index in [-0.39, 0.29) is 12.5 Å². The number of carbonyl (C=O) groups excluding carboxylic acids is 1. The summed E-state index contributed by atoms with van der Waals surface area (Å²) >= 11 is 0. The van der Waals surface area contributed by atoms with Gasteiger partial charge in [0, 0.05) is 25.7 Å². The van der Waals surface area contributed by atoms with Crippen LogP contribution < -0.4 is 0 Å². The van der Waals surface area contributed by atoms with Crippen LogP contribution in [0, 0.1) is 18.8 Å². The van der Waals surface area contributed by atoms with Crippen LogP contribution in [-0.2, 0) is 0 Å². The van der Waals surface area contributed by atoms with Crippen molar-refractivity contribution in [2.75, 3.05) is 40.8 Å². The number of rotatable bonds is 4. The third-order valence-corrected chi connectivity index (χ3v) is 2.94. The number of nitrogens with zero attached hydrogens (tertiary/aromatic N) is 2. The van der Waals surface area contributed by atoms with Gasteiger partial charge in [-0.2, -0.15) is 0 Å². The first-order valence-electron chi connectivity index (χ1n) is 6.56. The number of aliphatic hydroxyl groups is 1. The second-order valence-corrected chi connectivity index (χ2v) is 5.04. The average Bonchev–Trinajstić information content (AvgIpc) is 2.42. The van der Waals surface area contributed by atoms with Crippen molar-refractivity contribution in [2.24, 2.45) is 0 Å². The molecule has 0 aliphatic carbocycles. The van der Waals surface area contributed by atoms with E-state index in [1.54, 1.807) is 11.9 Å². The number of aryl methyl sites for hydroxylation is 1. The predicted molar refractivity (Wildman–Crippen MR) is 80.7 cm³/mol. The molecule has 0 aliphatic rings. The van der Waals surface area contributed by atoms with Crippen LogP contribution in [0.15, 0.2) is 18.2 Å². The Labute approximate surface area is 121 Å². The van der Waals surface area contributed by atoms with Crippen molar-refractivity contribution >= 4 is 5.91 Å². The van der Waals surface area contributed by atoms with E-state index in [0.717, 1.165) is 12.1 Å². The Morgan fingerprint density at radius 3 is 2.55 bits per heavy atom. The molecular formula is C16H22N2O2. The van der Waals surface area contributed by atoms with Crippen LogP contribution in [0.5, 0.6) is 0 Å². The highest BCUT2D eigenvalue weighted by Crippen LogP contribution is 2.13. The summed E-state index contributed by atoms with van der Waals surface area (Å²) in [4.78, 5) is 16.2. The quantitative estimate of drug-likeness (QED) is 0.832. The molecule has 0 fully saturated rings. The van der Waals surface area contributed by atoms with E-state index in [1.807, 2.05) is 44.1 Å². The minimum absolute atomic E-state index is 0.0437. The van der Waals surface area contributed by atoms with E-state index < -0.39 is 0 Å². The second kappa shape index (κ2) is 7.68. The van der Waals surface area contributed by atoms with E-state index >= 15 is 0 Å². The monoisotopic (exact) mass is 274 g/mol. The van der Waals surface area contributed by atoms with E-state index in [0.29, 0.717) is 17.7 Å². The Morgan fingerprint density at radius 2 is 1.95 bits per heavy atom. The average molecular weight is 274 g/mol. The molecule has 4 nitrogen and oxygen atoms in total. The number of aliphatic hydroxyl groups excluding tert-OH is 1.